The summed E-state index contributed by atoms with van der Waals surface area (Å²) in [7, 11) is 0. The molecule has 1 saturated carbocycles. The molecule has 0 aliphatic heterocycles. The first-order valence-electron chi connectivity index (χ1n) is 9.11. The van der Waals surface area contributed by atoms with Crippen molar-refractivity contribution in [2.24, 2.45) is 5.92 Å². The number of hydrogen-bond acceptors (Lipinski definition) is 4. The summed E-state index contributed by atoms with van der Waals surface area (Å²) in [5.74, 6) is 1.10. The minimum atomic E-state index is -0.0675. The third kappa shape index (κ3) is 5.18. The molecule has 2 heterocycles. The van der Waals surface area contributed by atoms with Crippen LogP contribution in [-0.2, 0) is 6.61 Å². The van der Waals surface area contributed by atoms with Gasteiger partial charge in [0.1, 0.15) is 12.4 Å². The molecule has 1 N–H and O–H groups in total. The van der Waals surface area contributed by atoms with Crippen LogP contribution in [0.3, 0.4) is 0 Å². The van der Waals surface area contributed by atoms with E-state index in [9.17, 15) is 4.79 Å². The normalized spacial score (nSPS) is 16.1. The molecule has 0 radical (unpaired) electrons. The van der Waals surface area contributed by atoms with Gasteiger partial charge >= 0.3 is 0 Å². The van der Waals surface area contributed by atoms with Crippen molar-refractivity contribution in [3.05, 3.63) is 53.1 Å². The van der Waals surface area contributed by atoms with Crippen molar-refractivity contribution in [3.8, 4) is 5.75 Å². The summed E-state index contributed by atoms with van der Waals surface area (Å²) in [6.45, 7) is 2.39. The number of aromatic nitrogens is 2. The number of nitrogens with zero attached hydrogens (tertiary/aromatic N) is 2. The van der Waals surface area contributed by atoms with Gasteiger partial charge in [0, 0.05) is 24.5 Å². The second kappa shape index (κ2) is 8.99. The molecule has 1 unspecified atom stereocenters. The lowest BCUT2D eigenvalue weighted by atomic mass is 9.84. The van der Waals surface area contributed by atoms with E-state index in [4.69, 9.17) is 16.3 Å². The van der Waals surface area contributed by atoms with Gasteiger partial charge in [0.15, 0.2) is 0 Å². The second-order valence-electron chi connectivity index (χ2n) is 6.83. The van der Waals surface area contributed by atoms with Gasteiger partial charge in [-0.2, -0.15) is 0 Å². The van der Waals surface area contributed by atoms with E-state index < -0.39 is 0 Å². The van der Waals surface area contributed by atoms with Gasteiger partial charge in [0.25, 0.3) is 5.91 Å². The Morgan fingerprint density at radius 1 is 1.27 bits per heavy atom. The Labute approximate surface area is 159 Å². The van der Waals surface area contributed by atoms with Gasteiger partial charge in [0.05, 0.1) is 22.5 Å². The zero-order valence-electron chi connectivity index (χ0n) is 15.0. The molecule has 6 heteroatoms. The monoisotopic (exact) mass is 373 g/mol. The van der Waals surface area contributed by atoms with Crippen molar-refractivity contribution in [2.45, 2.75) is 51.7 Å². The van der Waals surface area contributed by atoms with E-state index in [0.29, 0.717) is 28.9 Å². The van der Waals surface area contributed by atoms with Crippen LogP contribution in [-0.4, -0.2) is 21.9 Å². The summed E-state index contributed by atoms with van der Waals surface area (Å²) in [4.78, 5) is 20.7. The standard InChI is InChI=1S/C20H24ClN3O2/c1-14(15-5-3-2-4-6-15)24-20(25)16-7-8-18(23-10-16)13-26-19-9-17(21)11-22-12-19/h7-12,14-15H,2-6,13H2,1H3,(H,24,25). The highest BCUT2D eigenvalue weighted by Crippen LogP contribution is 2.26. The van der Waals surface area contributed by atoms with Crippen LogP contribution in [0.4, 0.5) is 0 Å². The number of halogens is 1. The molecule has 0 saturated heterocycles. The Hall–Kier alpha value is -2.14. The highest BCUT2D eigenvalue weighted by molar-refractivity contribution is 6.30. The lowest BCUT2D eigenvalue weighted by molar-refractivity contribution is 0.0919. The SMILES string of the molecule is CC(NC(=O)c1ccc(COc2cncc(Cl)c2)nc1)C1CCCCC1. The van der Waals surface area contributed by atoms with E-state index in [1.807, 2.05) is 0 Å². The first kappa shape index (κ1) is 18.6. The van der Waals surface area contributed by atoms with E-state index in [1.54, 1.807) is 36.8 Å². The fourth-order valence-corrected chi connectivity index (χ4v) is 3.48. The maximum Gasteiger partial charge on any atom is 0.253 e. The summed E-state index contributed by atoms with van der Waals surface area (Å²) in [5.41, 5.74) is 1.31. The predicted octanol–water partition coefficient (Wildman–Crippen LogP) is 4.41. The minimum absolute atomic E-state index is 0.0675. The van der Waals surface area contributed by atoms with E-state index in [2.05, 4.69) is 22.2 Å². The first-order chi connectivity index (χ1) is 12.6. The maximum atomic E-state index is 12.4. The van der Waals surface area contributed by atoms with Crippen LogP contribution in [0.2, 0.25) is 5.02 Å². The van der Waals surface area contributed by atoms with Gasteiger partial charge in [-0.15, -0.1) is 0 Å². The summed E-state index contributed by atoms with van der Waals surface area (Å²) < 4.78 is 5.61. The third-order valence-corrected chi connectivity index (χ3v) is 5.08. The molecule has 26 heavy (non-hydrogen) atoms. The molecule has 1 amide bonds. The Morgan fingerprint density at radius 2 is 2.08 bits per heavy atom. The molecule has 2 aromatic rings. The van der Waals surface area contributed by atoms with Crippen LogP contribution >= 0.6 is 11.6 Å². The molecule has 3 rings (SSSR count). The van der Waals surface area contributed by atoms with Gasteiger partial charge in [-0.1, -0.05) is 30.9 Å². The number of amides is 1. The molecule has 1 aliphatic carbocycles. The number of carbonyl (C=O) groups excluding carboxylic acids is 1. The lowest BCUT2D eigenvalue weighted by Crippen LogP contribution is -2.38. The van der Waals surface area contributed by atoms with Crippen molar-refractivity contribution in [1.82, 2.24) is 15.3 Å². The Bertz CT molecular complexity index is 730. The van der Waals surface area contributed by atoms with Crippen LogP contribution < -0.4 is 10.1 Å². The maximum absolute atomic E-state index is 12.4. The average Bonchev–Trinajstić information content (AvgIpc) is 2.67. The zero-order chi connectivity index (χ0) is 18.4. The number of pyridine rings is 2. The van der Waals surface area contributed by atoms with Crippen LogP contribution in [0.5, 0.6) is 5.75 Å². The summed E-state index contributed by atoms with van der Waals surface area (Å²) >= 11 is 5.88. The Morgan fingerprint density at radius 3 is 2.77 bits per heavy atom. The summed E-state index contributed by atoms with van der Waals surface area (Å²) in [5, 5.41) is 3.64. The molecular formula is C20H24ClN3O2. The number of nitrogens with one attached hydrogen (secondary N) is 1. The molecule has 0 bridgehead atoms. The smallest absolute Gasteiger partial charge is 0.253 e. The molecule has 1 aliphatic rings. The largest absolute Gasteiger partial charge is 0.486 e. The van der Waals surface area contributed by atoms with E-state index >= 15 is 0 Å². The van der Waals surface area contributed by atoms with Crippen molar-refractivity contribution in [1.29, 1.82) is 0 Å². The van der Waals surface area contributed by atoms with E-state index in [0.717, 1.165) is 5.69 Å². The van der Waals surface area contributed by atoms with Crippen molar-refractivity contribution in [2.75, 3.05) is 0 Å². The molecule has 5 nitrogen and oxygen atoms in total. The quantitative estimate of drug-likeness (QED) is 0.814. The molecule has 1 atom stereocenters. The minimum Gasteiger partial charge on any atom is -0.486 e. The van der Waals surface area contributed by atoms with Crippen LogP contribution in [0.25, 0.3) is 0 Å². The third-order valence-electron chi connectivity index (χ3n) is 4.87. The zero-order valence-corrected chi connectivity index (χ0v) is 15.7. The van der Waals surface area contributed by atoms with Crippen molar-refractivity contribution in [3.63, 3.8) is 0 Å². The molecular weight excluding hydrogens is 350 g/mol. The van der Waals surface area contributed by atoms with Gasteiger partial charge in [-0.25, -0.2) is 0 Å². The fourth-order valence-electron chi connectivity index (χ4n) is 3.31. The highest BCUT2D eigenvalue weighted by atomic mass is 35.5. The van der Waals surface area contributed by atoms with Gasteiger partial charge in [0.2, 0.25) is 0 Å². The lowest BCUT2D eigenvalue weighted by Gasteiger charge is -2.28. The summed E-state index contributed by atoms with van der Waals surface area (Å²) in [6.07, 6.45) is 11.0. The molecule has 1 fully saturated rings. The van der Waals surface area contributed by atoms with Crippen LogP contribution in [0, 0.1) is 5.92 Å². The van der Waals surface area contributed by atoms with E-state index in [1.165, 1.54) is 32.1 Å². The number of ether oxygens (including phenoxy) is 1. The molecule has 0 spiro atoms. The molecule has 138 valence electrons. The van der Waals surface area contributed by atoms with Gasteiger partial charge < -0.3 is 10.1 Å². The topological polar surface area (TPSA) is 64.1 Å². The first-order valence-corrected chi connectivity index (χ1v) is 9.49. The number of carbonyl (C=O) groups is 1. The second-order valence-corrected chi connectivity index (χ2v) is 7.26. The fraction of sp³-hybridized carbons (Fsp3) is 0.450. The van der Waals surface area contributed by atoms with Gasteiger partial charge in [-0.3, -0.25) is 14.8 Å². The summed E-state index contributed by atoms with van der Waals surface area (Å²) in [6, 6.07) is 5.48. The van der Waals surface area contributed by atoms with Crippen LogP contribution in [0.15, 0.2) is 36.8 Å². The molecule has 0 aromatic carbocycles. The average molecular weight is 374 g/mol. The Balaban J connectivity index is 1.52. The van der Waals surface area contributed by atoms with Crippen molar-refractivity contribution < 1.29 is 9.53 Å². The van der Waals surface area contributed by atoms with Crippen LogP contribution in [0.1, 0.15) is 55.1 Å². The highest BCUT2D eigenvalue weighted by Gasteiger charge is 2.21. The molecule has 2 aromatic heterocycles. The Kier molecular flexibility index (Phi) is 6.45. The van der Waals surface area contributed by atoms with Gasteiger partial charge in [-0.05, 0) is 37.8 Å². The van der Waals surface area contributed by atoms with E-state index in [-0.39, 0.29) is 11.9 Å². The van der Waals surface area contributed by atoms with Crippen molar-refractivity contribution >= 4 is 17.5 Å². The number of rotatable bonds is 6. The predicted molar refractivity (Wildman–Crippen MR) is 101 cm³/mol. The number of hydrogen-bond donors (Lipinski definition) is 1.